The van der Waals surface area contributed by atoms with E-state index < -0.39 is 5.97 Å². The monoisotopic (exact) mass is 227 g/mol. The van der Waals surface area contributed by atoms with E-state index in [1.807, 2.05) is 4.90 Å². The molecule has 0 aromatic heterocycles. The third-order valence-electron chi connectivity index (χ3n) is 1.70. The van der Waals surface area contributed by atoms with Crippen molar-refractivity contribution in [3.63, 3.8) is 0 Å². The lowest BCUT2D eigenvalue weighted by molar-refractivity contribution is -0.137. The van der Waals surface area contributed by atoms with Crippen LogP contribution in [0.4, 0.5) is 0 Å². The maximum Gasteiger partial charge on any atom is 0.303 e. The minimum Gasteiger partial charge on any atom is -0.481 e. The first kappa shape index (κ1) is 16.1. The molecule has 0 heterocycles. The van der Waals surface area contributed by atoms with Crippen molar-refractivity contribution in [2.75, 3.05) is 32.8 Å². The summed E-state index contributed by atoms with van der Waals surface area (Å²) in [5.41, 5.74) is 0. The summed E-state index contributed by atoms with van der Waals surface area (Å²) in [5, 5.41) is 25.6. The Hall–Kier alpha value is -0.360. The summed E-state index contributed by atoms with van der Waals surface area (Å²) in [6.07, 6.45) is 0.683. The van der Waals surface area contributed by atoms with Gasteiger partial charge in [0.2, 0.25) is 0 Å². The van der Waals surface area contributed by atoms with Crippen LogP contribution in [0.5, 0.6) is 0 Å². The Morgan fingerprint density at radius 1 is 1.07 bits per heavy atom. The molecule has 0 amide bonds. The molecule has 0 aliphatic heterocycles. The highest BCUT2D eigenvalue weighted by atomic mass is 35.5. The Morgan fingerprint density at radius 2 is 1.57 bits per heavy atom. The molecule has 0 unspecified atom stereocenters. The van der Waals surface area contributed by atoms with Crippen LogP contribution in [0.1, 0.15) is 12.8 Å². The molecule has 0 spiro atoms. The minimum absolute atomic E-state index is 0. The molecule has 86 valence electrons. The highest BCUT2D eigenvalue weighted by Gasteiger charge is 2.04. The first-order valence-electron chi connectivity index (χ1n) is 4.36. The average Bonchev–Trinajstić information content (AvgIpc) is 2.04. The molecule has 0 fully saturated rings. The molecule has 14 heavy (non-hydrogen) atoms. The molecule has 6 heteroatoms. The number of aliphatic hydroxyl groups excluding tert-OH is 2. The van der Waals surface area contributed by atoms with Gasteiger partial charge in [-0.2, -0.15) is 0 Å². The standard InChI is InChI=1S/C8H17NO4.ClH/c10-6-4-9(5-7-11)3-1-2-8(12)13;/h10-11H,1-7H2,(H,12,13);1H. The van der Waals surface area contributed by atoms with Crippen LogP contribution in [0.2, 0.25) is 0 Å². The minimum atomic E-state index is -0.812. The maximum absolute atomic E-state index is 10.2. The number of carbonyl (C=O) groups is 1. The lowest BCUT2D eigenvalue weighted by Gasteiger charge is -2.19. The second-order valence-corrected chi connectivity index (χ2v) is 2.79. The SMILES string of the molecule is Cl.O=C(O)CCCN(CCO)CCO. The zero-order valence-electron chi connectivity index (χ0n) is 8.06. The van der Waals surface area contributed by atoms with E-state index in [1.165, 1.54) is 0 Å². The lowest BCUT2D eigenvalue weighted by atomic mass is 10.3. The van der Waals surface area contributed by atoms with Crippen LogP contribution in [-0.4, -0.2) is 59.0 Å². The first-order chi connectivity index (χ1) is 6.20. The van der Waals surface area contributed by atoms with Crippen LogP contribution in [0.25, 0.3) is 0 Å². The molecule has 0 aromatic carbocycles. The summed E-state index contributed by atoms with van der Waals surface area (Å²) in [7, 11) is 0. The van der Waals surface area contributed by atoms with Gasteiger partial charge in [-0.25, -0.2) is 0 Å². The number of nitrogens with zero attached hydrogens (tertiary/aromatic N) is 1. The highest BCUT2D eigenvalue weighted by Crippen LogP contribution is 1.94. The van der Waals surface area contributed by atoms with Gasteiger partial charge in [0.15, 0.2) is 0 Å². The van der Waals surface area contributed by atoms with Gasteiger partial charge in [-0.05, 0) is 13.0 Å². The van der Waals surface area contributed by atoms with Crippen molar-refractivity contribution < 1.29 is 20.1 Å². The largest absolute Gasteiger partial charge is 0.481 e. The lowest BCUT2D eigenvalue weighted by Crippen LogP contribution is -2.31. The highest BCUT2D eigenvalue weighted by molar-refractivity contribution is 5.85. The van der Waals surface area contributed by atoms with Crippen molar-refractivity contribution in [2.24, 2.45) is 0 Å². The van der Waals surface area contributed by atoms with Gasteiger partial charge in [0.05, 0.1) is 13.2 Å². The summed E-state index contributed by atoms with van der Waals surface area (Å²) in [6.45, 7) is 1.65. The number of aliphatic hydroxyl groups is 2. The van der Waals surface area contributed by atoms with Crippen molar-refractivity contribution in [1.82, 2.24) is 4.90 Å². The molecule has 0 saturated heterocycles. The van der Waals surface area contributed by atoms with E-state index in [0.29, 0.717) is 26.1 Å². The summed E-state index contributed by atoms with van der Waals surface area (Å²) in [4.78, 5) is 12.0. The second kappa shape index (κ2) is 10.7. The molecular weight excluding hydrogens is 210 g/mol. The molecule has 0 saturated carbocycles. The van der Waals surface area contributed by atoms with Gasteiger partial charge in [-0.1, -0.05) is 0 Å². The second-order valence-electron chi connectivity index (χ2n) is 2.79. The van der Waals surface area contributed by atoms with Crippen molar-refractivity contribution in [3.8, 4) is 0 Å². The molecule has 0 rings (SSSR count). The third kappa shape index (κ3) is 9.73. The molecule has 3 N–H and O–H groups in total. The normalized spacial score (nSPS) is 9.93. The number of carboxylic acids is 1. The maximum atomic E-state index is 10.2. The van der Waals surface area contributed by atoms with Gasteiger partial charge in [-0.3, -0.25) is 9.69 Å². The van der Waals surface area contributed by atoms with Gasteiger partial charge in [0, 0.05) is 19.5 Å². The van der Waals surface area contributed by atoms with Gasteiger partial charge in [0.25, 0.3) is 0 Å². The van der Waals surface area contributed by atoms with E-state index in [1.54, 1.807) is 0 Å². The Kier molecular flexibility index (Phi) is 12.3. The van der Waals surface area contributed by atoms with Gasteiger partial charge in [0.1, 0.15) is 0 Å². The van der Waals surface area contributed by atoms with E-state index >= 15 is 0 Å². The Balaban J connectivity index is 0. The van der Waals surface area contributed by atoms with E-state index in [2.05, 4.69) is 0 Å². The predicted molar refractivity (Wildman–Crippen MR) is 54.7 cm³/mol. The Bertz CT molecular complexity index is 139. The molecule has 0 aliphatic carbocycles. The molecule has 0 bridgehead atoms. The van der Waals surface area contributed by atoms with Crippen LogP contribution >= 0.6 is 12.4 Å². The van der Waals surface area contributed by atoms with E-state index in [0.717, 1.165) is 0 Å². The fourth-order valence-electron chi connectivity index (χ4n) is 1.07. The third-order valence-corrected chi connectivity index (χ3v) is 1.70. The molecule has 0 aromatic rings. The number of carboxylic acid groups (broad SMARTS) is 1. The molecule has 0 atom stereocenters. The molecule has 5 nitrogen and oxygen atoms in total. The summed E-state index contributed by atoms with van der Waals surface area (Å²) < 4.78 is 0. The fourth-order valence-corrected chi connectivity index (χ4v) is 1.07. The quantitative estimate of drug-likeness (QED) is 0.524. The number of rotatable bonds is 8. The van der Waals surface area contributed by atoms with Crippen molar-refractivity contribution in [3.05, 3.63) is 0 Å². The van der Waals surface area contributed by atoms with Crippen molar-refractivity contribution >= 4 is 18.4 Å². The zero-order valence-corrected chi connectivity index (χ0v) is 8.87. The summed E-state index contributed by atoms with van der Waals surface area (Å²) >= 11 is 0. The van der Waals surface area contributed by atoms with Crippen LogP contribution in [0, 0.1) is 0 Å². The van der Waals surface area contributed by atoms with E-state index in [-0.39, 0.29) is 32.0 Å². The van der Waals surface area contributed by atoms with Gasteiger partial charge < -0.3 is 15.3 Å². The summed E-state index contributed by atoms with van der Waals surface area (Å²) in [6, 6.07) is 0. The smallest absolute Gasteiger partial charge is 0.303 e. The van der Waals surface area contributed by atoms with Crippen molar-refractivity contribution in [1.29, 1.82) is 0 Å². The average molecular weight is 228 g/mol. The van der Waals surface area contributed by atoms with E-state index in [9.17, 15) is 4.79 Å². The molecule has 0 aliphatic rings. The van der Waals surface area contributed by atoms with Crippen LogP contribution in [0.15, 0.2) is 0 Å². The van der Waals surface area contributed by atoms with Gasteiger partial charge in [-0.15, -0.1) is 12.4 Å². The zero-order chi connectivity index (χ0) is 10.1. The number of halogens is 1. The predicted octanol–water partition coefficient (Wildman–Crippen LogP) is -0.440. The topological polar surface area (TPSA) is 81.0 Å². The van der Waals surface area contributed by atoms with Crippen LogP contribution in [-0.2, 0) is 4.79 Å². The number of aliphatic carboxylic acids is 1. The molecule has 0 radical (unpaired) electrons. The number of hydrogen-bond donors (Lipinski definition) is 3. The Morgan fingerprint density at radius 3 is 1.93 bits per heavy atom. The number of hydrogen-bond acceptors (Lipinski definition) is 4. The van der Waals surface area contributed by atoms with Crippen molar-refractivity contribution in [2.45, 2.75) is 12.8 Å². The van der Waals surface area contributed by atoms with Gasteiger partial charge >= 0.3 is 5.97 Å². The first-order valence-corrected chi connectivity index (χ1v) is 4.36. The van der Waals surface area contributed by atoms with Crippen LogP contribution in [0.3, 0.4) is 0 Å². The fraction of sp³-hybridized carbons (Fsp3) is 0.875. The Labute approximate surface area is 89.8 Å². The molecular formula is C8H18ClNO4. The van der Waals surface area contributed by atoms with E-state index in [4.69, 9.17) is 15.3 Å². The van der Waals surface area contributed by atoms with Crippen LogP contribution < -0.4 is 0 Å². The summed E-state index contributed by atoms with van der Waals surface area (Å²) in [5.74, 6) is -0.812.